The average Bonchev–Trinajstić information content (AvgIpc) is 2.42. The summed E-state index contributed by atoms with van der Waals surface area (Å²) >= 11 is 0. The van der Waals surface area contributed by atoms with Gasteiger partial charge in [-0.05, 0) is 36.5 Å². The van der Waals surface area contributed by atoms with Gasteiger partial charge in [0.15, 0.2) is 0 Å². The first-order chi connectivity index (χ1) is 9.19. The highest BCUT2D eigenvalue weighted by Gasteiger charge is 2.24. The van der Waals surface area contributed by atoms with E-state index in [4.69, 9.17) is 10.00 Å². The Morgan fingerprint density at radius 3 is 2.74 bits per heavy atom. The summed E-state index contributed by atoms with van der Waals surface area (Å²) in [5.41, 5.74) is 2.20. The van der Waals surface area contributed by atoms with Crippen molar-refractivity contribution in [2.24, 2.45) is 5.92 Å². The Kier molecular flexibility index (Phi) is 4.81. The van der Waals surface area contributed by atoms with Gasteiger partial charge in [-0.3, -0.25) is 0 Å². The average molecular weight is 258 g/mol. The first-order valence-electron chi connectivity index (χ1n) is 7.03. The van der Waals surface area contributed by atoms with Crippen LogP contribution in [0.25, 0.3) is 0 Å². The van der Waals surface area contributed by atoms with Crippen LogP contribution in [-0.4, -0.2) is 18.8 Å². The summed E-state index contributed by atoms with van der Waals surface area (Å²) in [7, 11) is 0. The third-order valence-corrected chi connectivity index (χ3v) is 3.67. The predicted molar refractivity (Wildman–Crippen MR) is 77.0 cm³/mol. The Hall–Kier alpha value is -1.53. The molecular weight excluding hydrogens is 236 g/mol. The van der Waals surface area contributed by atoms with E-state index in [1.54, 1.807) is 0 Å². The summed E-state index contributed by atoms with van der Waals surface area (Å²) in [5, 5.41) is 12.2. The van der Waals surface area contributed by atoms with Crippen molar-refractivity contribution in [3.8, 4) is 6.07 Å². The molecule has 1 aliphatic rings. The molecule has 1 aromatic rings. The van der Waals surface area contributed by atoms with Gasteiger partial charge in [-0.25, -0.2) is 0 Å². The third kappa shape index (κ3) is 3.97. The van der Waals surface area contributed by atoms with Crippen molar-refractivity contribution in [1.82, 2.24) is 0 Å². The zero-order valence-corrected chi connectivity index (χ0v) is 11.7. The second kappa shape index (κ2) is 6.58. The first kappa shape index (κ1) is 13.9. The van der Waals surface area contributed by atoms with Gasteiger partial charge in [-0.1, -0.05) is 26.0 Å². The molecule has 1 saturated heterocycles. The van der Waals surface area contributed by atoms with Gasteiger partial charge in [-0.2, -0.15) is 5.26 Å². The molecule has 0 saturated carbocycles. The highest BCUT2D eigenvalue weighted by molar-refractivity contribution is 5.45. The Morgan fingerprint density at radius 1 is 1.37 bits per heavy atom. The number of nitrogens with zero attached hydrogens (tertiary/aromatic N) is 1. The topological polar surface area (TPSA) is 45.0 Å². The van der Waals surface area contributed by atoms with Crippen LogP contribution in [0.15, 0.2) is 24.3 Å². The lowest BCUT2D eigenvalue weighted by atomic mass is 9.95. The van der Waals surface area contributed by atoms with Crippen LogP contribution in [-0.2, 0) is 11.2 Å². The van der Waals surface area contributed by atoms with Crippen LogP contribution >= 0.6 is 0 Å². The molecule has 0 aromatic heterocycles. The van der Waals surface area contributed by atoms with Crippen molar-refractivity contribution >= 4 is 5.69 Å². The van der Waals surface area contributed by atoms with Gasteiger partial charge < -0.3 is 10.1 Å². The lowest BCUT2D eigenvalue weighted by molar-refractivity contribution is -0.0160. The molecule has 1 aromatic carbocycles. The molecule has 2 unspecified atom stereocenters. The zero-order valence-electron chi connectivity index (χ0n) is 11.7. The molecule has 0 bridgehead atoms. The van der Waals surface area contributed by atoms with Gasteiger partial charge >= 0.3 is 0 Å². The number of nitrogens with one attached hydrogen (secondary N) is 1. The van der Waals surface area contributed by atoms with E-state index in [-0.39, 0.29) is 0 Å². The summed E-state index contributed by atoms with van der Waals surface area (Å²) in [4.78, 5) is 0. The molecular formula is C16H22N2O. The van der Waals surface area contributed by atoms with Crippen molar-refractivity contribution in [2.45, 2.75) is 45.3 Å². The van der Waals surface area contributed by atoms with Crippen LogP contribution in [0.3, 0.4) is 0 Å². The molecule has 3 nitrogen and oxygen atoms in total. The third-order valence-electron chi connectivity index (χ3n) is 3.67. The van der Waals surface area contributed by atoms with Crippen LogP contribution in [0.1, 0.15) is 32.3 Å². The van der Waals surface area contributed by atoms with E-state index in [9.17, 15) is 0 Å². The van der Waals surface area contributed by atoms with Gasteiger partial charge in [0.2, 0.25) is 0 Å². The summed E-state index contributed by atoms with van der Waals surface area (Å²) in [6, 6.07) is 10.8. The quantitative estimate of drug-likeness (QED) is 0.900. The van der Waals surface area contributed by atoms with Gasteiger partial charge in [0.1, 0.15) is 0 Å². The first-order valence-corrected chi connectivity index (χ1v) is 7.03. The summed E-state index contributed by atoms with van der Waals surface area (Å²) in [6.45, 7) is 5.26. The van der Waals surface area contributed by atoms with Crippen molar-refractivity contribution in [3.63, 3.8) is 0 Å². The van der Waals surface area contributed by atoms with E-state index in [2.05, 4.69) is 37.4 Å². The molecule has 1 aliphatic heterocycles. The molecule has 2 rings (SSSR count). The molecule has 2 atom stereocenters. The van der Waals surface area contributed by atoms with Gasteiger partial charge in [0, 0.05) is 18.3 Å². The maximum Gasteiger partial charge on any atom is 0.0669 e. The maximum atomic E-state index is 8.65. The van der Waals surface area contributed by atoms with E-state index in [0.29, 0.717) is 24.5 Å². The van der Waals surface area contributed by atoms with Crippen LogP contribution in [0, 0.1) is 17.2 Å². The lowest BCUT2D eigenvalue weighted by Gasteiger charge is -2.33. The standard InChI is InChI=1S/C16H22N2O/c1-12(2)16-11-15(8-10-19-16)18-14-5-3-13(4-6-14)7-9-17/h3-6,12,15-16,18H,7-8,10-11H2,1-2H3. The Labute approximate surface area is 115 Å². The van der Waals surface area contributed by atoms with E-state index < -0.39 is 0 Å². The number of benzene rings is 1. The highest BCUT2D eigenvalue weighted by Crippen LogP contribution is 2.23. The molecule has 3 heteroatoms. The number of hydrogen-bond donors (Lipinski definition) is 1. The second-order valence-corrected chi connectivity index (χ2v) is 5.55. The molecule has 19 heavy (non-hydrogen) atoms. The molecule has 0 spiro atoms. The largest absolute Gasteiger partial charge is 0.382 e. The Morgan fingerprint density at radius 2 is 2.11 bits per heavy atom. The molecule has 1 fully saturated rings. The van der Waals surface area contributed by atoms with Crippen LogP contribution < -0.4 is 5.32 Å². The summed E-state index contributed by atoms with van der Waals surface area (Å²) in [6.07, 6.45) is 2.97. The van der Waals surface area contributed by atoms with Gasteiger partial charge in [0.05, 0.1) is 18.6 Å². The molecule has 1 heterocycles. The Bertz CT molecular complexity index is 433. The van der Waals surface area contributed by atoms with Crippen LogP contribution in [0.2, 0.25) is 0 Å². The summed E-state index contributed by atoms with van der Waals surface area (Å²) < 4.78 is 5.78. The van der Waals surface area contributed by atoms with Crippen molar-refractivity contribution < 1.29 is 4.74 Å². The van der Waals surface area contributed by atoms with Crippen LogP contribution in [0.5, 0.6) is 0 Å². The number of hydrogen-bond acceptors (Lipinski definition) is 3. The molecule has 0 amide bonds. The minimum absolute atomic E-state index is 0.365. The fourth-order valence-corrected chi connectivity index (χ4v) is 2.47. The van der Waals surface area contributed by atoms with Crippen LogP contribution in [0.4, 0.5) is 5.69 Å². The van der Waals surface area contributed by atoms with Gasteiger partial charge in [0.25, 0.3) is 0 Å². The van der Waals surface area contributed by atoms with Crippen molar-refractivity contribution in [3.05, 3.63) is 29.8 Å². The van der Waals surface area contributed by atoms with E-state index >= 15 is 0 Å². The lowest BCUT2D eigenvalue weighted by Crippen LogP contribution is -2.36. The minimum atomic E-state index is 0.365. The fraction of sp³-hybridized carbons (Fsp3) is 0.562. The number of anilines is 1. The Balaban J connectivity index is 1.91. The molecule has 102 valence electrons. The predicted octanol–water partition coefficient (Wildman–Crippen LogP) is 3.37. The molecule has 0 aliphatic carbocycles. The van der Waals surface area contributed by atoms with E-state index in [0.717, 1.165) is 30.7 Å². The fourth-order valence-electron chi connectivity index (χ4n) is 2.47. The second-order valence-electron chi connectivity index (χ2n) is 5.55. The molecule has 1 N–H and O–H groups in total. The minimum Gasteiger partial charge on any atom is -0.382 e. The maximum absolute atomic E-state index is 8.65. The number of nitriles is 1. The monoisotopic (exact) mass is 258 g/mol. The molecule has 0 radical (unpaired) electrons. The summed E-state index contributed by atoms with van der Waals surface area (Å²) in [5.74, 6) is 0.572. The van der Waals surface area contributed by atoms with Crippen molar-refractivity contribution in [1.29, 1.82) is 5.26 Å². The normalized spacial score (nSPS) is 23.1. The van der Waals surface area contributed by atoms with Gasteiger partial charge in [-0.15, -0.1) is 0 Å². The van der Waals surface area contributed by atoms with E-state index in [1.165, 1.54) is 0 Å². The van der Waals surface area contributed by atoms with Crippen molar-refractivity contribution in [2.75, 3.05) is 11.9 Å². The highest BCUT2D eigenvalue weighted by atomic mass is 16.5. The number of ether oxygens (including phenoxy) is 1. The smallest absolute Gasteiger partial charge is 0.0669 e. The SMILES string of the molecule is CC(C)C1CC(Nc2ccc(CC#N)cc2)CCO1. The zero-order chi connectivity index (χ0) is 13.7. The number of rotatable bonds is 4. The van der Waals surface area contributed by atoms with E-state index in [1.807, 2.05) is 12.1 Å².